The van der Waals surface area contributed by atoms with E-state index in [1.54, 1.807) is 12.1 Å². The van der Waals surface area contributed by atoms with Crippen LogP contribution in [0.1, 0.15) is 5.56 Å². The number of rotatable bonds is 2. The Bertz CT molecular complexity index is 402. The summed E-state index contributed by atoms with van der Waals surface area (Å²) in [5.41, 5.74) is 1.02. The van der Waals surface area contributed by atoms with Gasteiger partial charge in [-0.2, -0.15) is 0 Å². The number of benzene rings is 1. The standard InChI is InChI=1S/C10H9NO2S2/c12-7-3-1-6(2-4-7)5-8-9(13)11-10(14)15-8/h1-4,8,12H,5H2,(H,11,13,14). The van der Waals surface area contributed by atoms with Gasteiger partial charge in [0.1, 0.15) is 10.1 Å². The third-order valence-corrected chi connectivity index (χ3v) is 3.50. The fraction of sp³-hybridized carbons (Fsp3) is 0.200. The summed E-state index contributed by atoms with van der Waals surface area (Å²) in [7, 11) is 0. The molecule has 0 bridgehead atoms. The van der Waals surface area contributed by atoms with Gasteiger partial charge in [-0.25, -0.2) is 0 Å². The van der Waals surface area contributed by atoms with E-state index in [1.165, 1.54) is 11.8 Å². The summed E-state index contributed by atoms with van der Waals surface area (Å²) >= 11 is 6.28. The van der Waals surface area contributed by atoms with E-state index >= 15 is 0 Å². The third-order valence-electron chi connectivity index (χ3n) is 2.12. The molecule has 0 spiro atoms. The number of thiocarbonyl (C=S) groups is 1. The fourth-order valence-electron chi connectivity index (χ4n) is 1.37. The van der Waals surface area contributed by atoms with Crippen molar-refractivity contribution in [2.24, 2.45) is 0 Å². The minimum atomic E-state index is -0.137. The summed E-state index contributed by atoms with van der Waals surface area (Å²) in [4.78, 5) is 11.4. The number of thioether (sulfide) groups is 1. The van der Waals surface area contributed by atoms with Gasteiger partial charge in [0.15, 0.2) is 0 Å². The normalized spacial score (nSPS) is 20.4. The van der Waals surface area contributed by atoms with Gasteiger partial charge in [0.2, 0.25) is 5.91 Å². The molecule has 78 valence electrons. The van der Waals surface area contributed by atoms with Crippen LogP contribution in [0.2, 0.25) is 0 Å². The summed E-state index contributed by atoms with van der Waals surface area (Å²) < 4.78 is 0.545. The molecule has 5 heteroatoms. The van der Waals surface area contributed by atoms with Crippen LogP contribution in [0.15, 0.2) is 24.3 Å². The van der Waals surface area contributed by atoms with Crippen molar-refractivity contribution in [3.8, 4) is 5.75 Å². The number of phenols is 1. The van der Waals surface area contributed by atoms with Crippen LogP contribution < -0.4 is 5.32 Å². The minimum Gasteiger partial charge on any atom is -0.508 e. The van der Waals surface area contributed by atoms with Gasteiger partial charge in [-0.05, 0) is 24.1 Å². The van der Waals surface area contributed by atoms with Crippen molar-refractivity contribution in [2.45, 2.75) is 11.7 Å². The van der Waals surface area contributed by atoms with Crippen LogP contribution in [0.3, 0.4) is 0 Å². The van der Waals surface area contributed by atoms with E-state index in [2.05, 4.69) is 5.32 Å². The van der Waals surface area contributed by atoms with Crippen molar-refractivity contribution in [3.63, 3.8) is 0 Å². The van der Waals surface area contributed by atoms with Crippen LogP contribution >= 0.6 is 24.0 Å². The zero-order valence-corrected chi connectivity index (χ0v) is 9.40. The summed E-state index contributed by atoms with van der Waals surface area (Å²) in [5.74, 6) is 0.205. The molecule has 1 atom stereocenters. The largest absolute Gasteiger partial charge is 0.508 e. The predicted octanol–water partition coefficient (Wildman–Crippen LogP) is 1.45. The molecule has 0 radical (unpaired) electrons. The summed E-state index contributed by atoms with van der Waals surface area (Å²) in [5, 5.41) is 11.6. The average molecular weight is 239 g/mol. The lowest BCUT2D eigenvalue weighted by molar-refractivity contribution is -0.118. The molecule has 1 saturated heterocycles. The van der Waals surface area contributed by atoms with Gasteiger partial charge in [-0.1, -0.05) is 36.1 Å². The number of hydrogen-bond acceptors (Lipinski definition) is 4. The zero-order valence-electron chi connectivity index (χ0n) is 7.77. The molecule has 1 amide bonds. The summed E-state index contributed by atoms with van der Waals surface area (Å²) in [6.07, 6.45) is 0.636. The Balaban J connectivity index is 2.06. The van der Waals surface area contributed by atoms with Crippen molar-refractivity contribution in [3.05, 3.63) is 29.8 Å². The molecular weight excluding hydrogens is 230 g/mol. The molecule has 15 heavy (non-hydrogen) atoms. The van der Waals surface area contributed by atoms with Crippen LogP contribution in [0.4, 0.5) is 0 Å². The highest BCUT2D eigenvalue weighted by atomic mass is 32.2. The van der Waals surface area contributed by atoms with Gasteiger partial charge in [0.25, 0.3) is 0 Å². The van der Waals surface area contributed by atoms with Crippen molar-refractivity contribution in [1.82, 2.24) is 5.32 Å². The lowest BCUT2D eigenvalue weighted by atomic mass is 10.1. The van der Waals surface area contributed by atoms with Crippen molar-refractivity contribution in [2.75, 3.05) is 0 Å². The molecule has 1 fully saturated rings. The first-order chi connectivity index (χ1) is 7.15. The van der Waals surface area contributed by atoms with Crippen molar-refractivity contribution >= 4 is 34.2 Å². The first-order valence-corrected chi connectivity index (χ1v) is 5.73. The Kier molecular flexibility index (Phi) is 2.93. The van der Waals surface area contributed by atoms with Gasteiger partial charge >= 0.3 is 0 Å². The molecule has 3 nitrogen and oxygen atoms in total. The highest BCUT2D eigenvalue weighted by Gasteiger charge is 2.28. The fourth-order valence-corrected chi connectivity index (χ4v) is 2.68. The predicted molar refractivity (Wildman–Crippen MR) is 63.9 cm³/mol. The van der Waals surface area contributed by atoms with Gasteiger partial charge < -0.3 is 10.4 Å². The topological polar surface area (TPSA) is 49.3 Å². The molecule has 2 rings (SSSR count). The number of hydrogen-bond donors (Lipinski definition) is 2. The molecule has 0 aliphatic carbocycles. The molecule has 1 aromatic rings. The molecule has 0 aromatic heterocycles. The van der Waals surface area contributed by atoms with E-state index in [4.69, 9.17) is 17.3 Å². The van der Waals surface area contributed by atoms with E-state index in [0.29, 0.717) is 10.7 Å². The number of phenolic OH excluding ortho intramolecular Hbond substituents is 1. The maximum atomic E-state index is 11.4. The SMILES string of the molecule is O=C1NC(=S)SC1Cc1ccc(O)cc1. The smallest absolute Gasteiger partial charge is 0.239 e. The second kappa shape index (κ2) is 4.20. The van der Waals surface area contributed by atoms with Gasteiger partial charge in [-0.3, -0.25) is 4.79 Å². The molecule has 1 heterocycles. The summed E-state index contributed by atoms with van der Waals surface area (Å²) in [6.45, 7) is 0. The Morgan fingerprint density at radius 1 is 1.40 bits per heavy atom. The van der Waals surface area contributed by atoms with Crippen LogP contribution in [0.5, 0.6) is 5.75 Å². The van der Waals surface area contributed by atoms with E-state index in [9.17, 15) is 4.79 Å². The molecule has 1 aliphatic heterocycles. The average Bonchev–Trinajstić information content (AvgIpc) is 2.49. The molecule has 1 aliphatic rings. The second-order valence-corrected chi connectivity index (χ2v) is 5.13. The lowest BCUT2D eigenvalue weighted by Crippen LogP contribution is -2.25. The maximum Gasteiger partial charge on any atom is 0.239 e. The molecule has 1 aromatic carbocycles. The highest BCUT2D eigenvalue weighted by molar-refractivity contribution is 8.24. The Hall–Kier alpha value is -1.07. The first-order valence-electron chi connectivity index (χ1n) is 4.44. The van der Waals surface area contributed by atoms with Gasteiger partial charge in [0, 0.05) is 0 Å². The van der Waals surface area contributed by atoms with Gasteiger partial charge in [0.05, 0.1) is 5.25 Å². The monoisotopic (exact) mass is 239 g/mol. The summed E-state index contributed by atoms with van der Waals surface area (Å²) in [6, 6.07) is 6.85. The van der Waals surface area contributed by atoms with E-state index in [-0.39, 0.29) is 16.9 Å². The minimum absolute atomic E-state index is 0.0296. The molecular formula is C10H9NO2S2. The van der Waals surface area contributed by atoms with Gasteiger partial charge in [-0.15, -0.1) is 0 Å². The highest BCUT2D eigenvalue weighted by Crippen LogP contribution is 2.23. The van der Waals surface area contributed by atoms with Crippen molar-refractivity contribution in [1.29, 1.82) is 0 Å². The van der Waals surface area contributed by atoms with Crippen LogP contribution in [0.25, 0.3) is 0 Å². The lowest BCUT2D eigenvalue weighted by Gasteiger charge is -2.05. The number of nitrogens with one attached hydrogen (secondary N) is 1. The molecule has 0 saturated carbocycles. The maximum absolute atomic E-state index is 11.4. The second-order valence-electron chi connectivity index (χ2n) is 3.25. The molecule has 2 N–H and O–H groups in total. The van der Waals surface area contributed by atoms with E-state index in [0.717, 1.165) is 5.56 Å². The number of aromatic hydroxyl groups is 1. The van der Waals surface area contributed by atoms with E-state index < -0.39 is 0 Å². The first kappa shape index (κ1) is 10.4. The van der Waals surface area contributed by atoms with Crippen LogP contribution in [-0.2, 0) is 11.2 Å². The van der Waals surface area contributed by atoms with Crippen LogP contribution in [-0.4, -0.2) is 20.6 Å². The number of carbonyl (C=O) groups excluding carboxylic acids is 1. The quantitative estimate of drug-likeness (QED) is 0.767. The molecule has 1 unspecified atom stereocenters. The third kappa shape index (κ3) is 2.49. The Morgan fingerprint density at radius 3 is 2.60 bits per heavy atom. The Morgan fingerprint density at radius 2 is 2.07 bits per heavy atom. The van der Waals surface area contributed by atoms with Crippen LogP contribution in [0, 0.1) is 0 Å². The Labute approximate surface area is 96.9 Å². The number of amides is 1. The number of carbonyl (C=O) groups is 1. The van der Waals surface area contributed by atoms with E-state index in [1.807, 2.05) is 12.1 Å². The van der Waals surface area contributed by atoms with Crippen molar-refractivity contribution < 1.29 is 9.90 Å². The zero-order chi connectivity index (χ0) is 10.8.